The fourth-order valence-corrected chi connectivity index (χ4v) is 2.00. The molecule has 2 aromatic rings. The lowest BCUT2D eigenvalue weighted by Gasteiger charge is -2.11. The predicted molar refractivity (Wildman–Crippen MR) is 67.7 cm³/mol. The lowest BCUT2D eigenvalue weighted by atomic mass is 10.2. The summed E-state index contributed by atoms with van der Waals surface area (Å²) >= 11 is 3.11. The second kappa shape index (κ2) is 5.78. The third-order valence-electron chi connectivity index (χ3n) is 2.58. The molecule has 20 heavy (non-hydrogen) atoms. The lowest BCUT2D eigenvalue weighted by molar-refractivity contribution is 0.458. The van der Waals surface area contributed by atoms with Crippen LogP contribution in [0.4, 0.5) is 27.6 Å². The van der Waals surface area contributed by atoms with Crippen LogP contribution in [0.3, 0.4) is 0 Å². The molecule has 0 saturated heterocycles. The molecule has 1 N–H and O–H groups in total. The van der Waals surface area contributed by atoms with Crippen molar-refractivity contribution in [1.82, 2.24) is 0 Å². The zero-order valence-corrected chi connectivity index (χ0v) is 11.4. The van der Waals surface area contributed by atoms with Crippen molar-refractivity contribution in [3.05, 3.63) is 63.4 Å². The fraction of sp³-hybridized carbons (Fsp3) is 0.0769. The van der Waals surface area contributed by atoms with E-state index in [-0.39, 0.29) is 18.2 Å². The van der Waals surface area contributed by atoms with E-state index in [1.165, 1.54) is 12.1 Å². The van der Waals surface area contributed by atoms with Crippen LogP contribution in [0.25, 0.3) is 0 Å². The van der Waals surface area contributed by atoms with E-state index in [2.05, 4.69) is 21.2 Å². The van der Waals surface area contributed by atoms with E-state index in [1.807, 2.05) is 0 Å². The molecule has 0 aliphatic rings. The summed E-state index contributed by atoms with van der Waals surface area (Å²) in [6.07, 6.45) is 0. The average Bonchev–Trinajstić information content (AvgIpc) is 2.40. The first kappa shape index (κ1) is 14.8. The molecule has 0 amide bonds. The van der Waals surface area contributed by atoms with Crippen molar-refractivity contribution in [2.24, 2.45) is 0 Å². The van der Waals surface area contributed by atoms with Gasteiger partial charge in [-0.1, -0.05) is 15.9 Å². The van der Waals surface area contributed by atoms with Crippen LogP contribution in [-0.2, 0) is 6.54 Å². The minimum absolute atomic E-state index is 0.0860. The van der Waals surface area contributed by atoms with Gasteiger partial charge in [0.15, 0.2) is 23.3 Å². The summed E-state index contributed by atoms with van der Waals surface area (Å²) in [5, 5.41) is 2.16. The topological polar surface area (TPSA) is 12.0 Å². The van der Waals surface area contributed by atoms with Crippen LogP contribution in [0.5, 0.6) is 0 Å². The van der Waals surface area contributed by atoms with Gasteiger partial charge in [-0.15, -0.1) is 0 Å². The number of halogens is 6. The molecule has 0 fully saturated rings. The molecule has 1 nitrogen and oxygen atoms in total. The number of hydrogen-bond acceptors (Lipinski definition) is 1. The minimum Gasteiger partial charge on any atom is -0.376 e. The molecule has 0 heterocycles. The van der Waals surface area contributed by atoms with Gasteiger partial charge in [-0.3, -0.25) is 0 Å². The summed E-state index contributed by atoms with van der Waals surface area (Å²) in [6.45, 7) is -0.331. The third kappa shape index (κ3) is 2.92. The van der Waals surface area contributed by atoms with Gasteiger partial charge in [0.05, 0.1) is 0 Å². The number of anilines is 1. The number of benzene rings is 2. The van der Waals surface area contributed by atoms with Crippen LogP contribution in [0.1, 0.15) is 5.56 Å². The lowest BCUT2D eigenvalue weighted by Crippen LogP contribution is -2.08. The van der Waals surface area contributed by atoms with Gasteiger partial charge in [0.25, 0.3) is 0 Å². The molecule has 0 atom stereocenters. The Morgan fingerprint density at radius 3 is 2.05 bits per heavy atom. The molecule has 0 unspecified atom stereocenters. The maximum absolute atomic E-state index is 13.4. The van der Waals surface area contributed by atoms with E-state index in [9.17, 15) is 22.0 Å². The van der Waals surface area contributed by atoms with Crippen LogP contribution < -0.4 is 5.32 Å². The molecule has 0 saturated carbocycles. The normalized spacial score (nSPS) is 10.7. The molecule has 0 radical (unpaired) electrons. The zero-order chi connectivity index (χ0) is 14.9. The van der Waals surface area contributed by atoms with Crippen molar-refractivity contribution < 1.29 is 22.0 Å². The molecule has 2 aromatic carbocycles. The Balaban J connectivity index is 2.30. The molecule has 0 aliphatic carbocycles. The summed E-state index contributed by atoms with van der Waals surface area (Å²) in [7, 11) is 0. The SMILES string of the molecule is Fc1ccc(Br)cc1CNc1c(F)c(F)cc(F)c1F. The minimum atomic E-state index is -1.56. The van der Waals surface area contributed by atoms with Crippen LogP contribution in [0, 0.1) is 29.1 Å². The summed E-state index contributed by atoms with van der Waals surface area (Å²) in [6, 6.07) is 4.09. The predicted octanol–water partition coefficient (Wildman–Crippen LogP) is 4.76. The van der Waals surface area contributed by atoms with Gasteiger partial charge in [0, 0.05) is 22.6 Å². The highest BCUT2D eigenvalue weighted by molar-refractivity contribution is 9.10. The van der Waals surface area contributed by atoms with E-state index in [1.54, 1.807) is 0 Å². The van der Waals surface area contributed by atoms with E-state index in [0.29, 0.717) is 4.47 Å². The van der Waals surface area contributed by atoms with Crippen molar-refractivity contribution in [1.29, 1.82) is 0 Å². The molecule has 7 heteroatoms. The Labute approximate surface area is 119 Å². The van der Waals surface area contributed by atoms with E-state index < -0.39 is 34.8 Å². The molecule has 0 spiro atoms. The standard InChI is InChI=1S/C13H7BrF5N/c14-7-1-2-8(15)6(3-7)5-20-13-11(18)9(16)4-10(17)12(13)19/h1-4,20H,5H2. The highest BCUT2D eigenvalue weighted by Crippen LogP contribution is 2.25. The average molecular weight is 352 g/mol. The Kier molecular flexibility index (Phi) is 4.27. The van der Waals surface area contributed by atoms with Gasteiger partial charge in [0.1, 0.15) is 11.5 Å². The Morgan fingerprint density at radius 1 is 0.850 bits per heavy atom. The maximum atomic E-state index is 13.4. The smallest absolute Gasteiger partial charge is 0.185 e. The van der Waals surface area contributed by atoms with Crippen molar-refractivity contribution >= 4 is 21.6 Å². The van der Waals surface area contributed by atoms with E-state index in [4.69, 9.17) is 0 Å². The van der Waals surface area contributed by atoms with Crippen molar-refractivity contribution in [2.75, 3.05) is 5.32 Å². The summed E-state index contributed by atoms with van der Waals surface area (Å²) in [5.41, 5.74) is -0.885. The fourth-order valence-electron chi connectivity index (χ4n) is 1.59. The molecular formula is C13H7BrF5N. The highest BCUT2D eigenvalue weighted by atomic mass is 79.9. The molecule has 0 aliphatic heterocycles. The molecule has 0 bridgehead atoms. The Hall–Kier alpha value is -1.63. The van der Waals surface area contributed by atoms with Gasteiger partial charge in [-0.2, -0.15) is 0 Å². The molecular weight excluding hydrogens is 345 g/mol. The van der Waals surface area contributed by atoms with Crippen LogP contribution >= 0.6 is 15.9 Å². The Morgan fingerprint density at radius 2 is 1.45 bits per heavy atom. The second-order valence-electron chi connectivity index (χ2n) is 3.93. The maximum Gasteiger partial charge on any atom is 0.185 e. The first-order valence-corrected chi connectivity index (χ1v) is 6.20. The third-order valence-corrected chi connectivity index (χ3v) is 3.07. The Bertz CT molecular complexity index is 633. The van der Waals surface area contributed by atoms with Crippen molar-refractivity contribution in [3.8, 4) is 0 Å². The van der Waals surface area contributed by atoms with E-state index in [0.717, 1.165) is 6.07 Å². The summed E-state index contributed by atoms with van der Waals surface area (Å²) in [5.74, 6) is -6.78. The molecule has 0 aromatic heterocycles. The van der Waals surface area contributed by atoms with Gasteiger partial charge in [-0.25, -0.2) is 22.0 Å². The van der Waals surface area contributed by atoms with Gasteiger partial charge in [-0.05, 0) is 18.2 Å². The second-order valence-corrected chi connectivity index (χ2v) is 4.85. The quantitative estimate of drug-likeness (QED) is 0.621. The molecule has 2 rings (SSSR count). The van der Waals surface area contributed by atoms with E-state index >= 15 is 0 Å². The van der Waals surface area contributed by atoms with Crippen molar-refractivity contribution in [3.63, 3.8) is 0 Å². The van der Waals surface area contributed by atoms with Gasteiger partial charge in [0.2, 0.25) is 0 Å². The van der Waals surface area contributed by atoms with Gasteiger partial charge < -0.3 is 5.32 Å². The first-order valence-electron chi connectivity index (χ1n) is 5.41. The number of rotatable bonds is 3. The van der Waals surface area contributed by atoms with Crippen LogP contribution in [0.15, 0.2) is 28.7 Å². The largest absolute Gasteiger partial charge is 0.376 e. The zero-order valence-electron chi connectivity index (χ0n) is 9.78. The first-order chi connectivity index (χ1) is 9.40. The number of hydrogen-bond donors (Lipinski definition) is 1. The van der Waals surface area contributed by atoms with Crippen LogP contribution in [0.2, 0.25) is 0 Å². The molecule has 106 valence electrons. The van der Waals surface area contributed by atoms with Crippen molar-refractivity contribution in [2.45, 2.75) is 6.54 Å². The summed E-state index contributed by atoms with van der Waals surface area (Å²) < 4.78 is 66.7. The monoisotopic (exact) mass is 351 g/mol. The summed E-state index contributed by atoms with van der Waals surface area (Å²) in [4.78, 5) is 0. The van der Waals surface area contributed by atoms with Gasteiger partial charge >= 0.3 is 0 Å². The highest BCUT2D eigenvalue weighted by Gasteiger charge is 2.19. The van der Waals surface area contributed by atoms with Crippen LogP contribution in [-0.4, -0.2) is 0 Å². The number of nitrogens with one attached hydrogen (secondary N) is 1.